The van der Waals surface area contributed by atoms with E-state index >= 15 is 0 Å². The maximum Gasteiger partial charge on any atom is 0.158 e. The van der Waals surface area contributed by atoms with Gasteiger partial charge in [0.1, 0.15) is 6.33 Å². The Hall–Kier alpha value is -3.03. The molecular formula is C28H32N6S. The van der Waals surface area contributed by atoms with Crippen molar-refractivity contribution in [3.63, 3.8) is 0 Å². The van der Waals surface area contributed by atoms with E-state index in [1.54, 1.807) is 17.7 Å². The van der Waals surface area contributed by atoms with Gasteiger partial charge in [-0.25, -0.2) is 14.5 Å². The largest absolute Gasteiger partial charge is 0.354 e. The Morgan fingerprint density at radius 1 is 1.11 bits per heavy atom. The van der Waals surface area contributed by atoms with Crippen LogP contribution in [0.5, 0.6) is 0 Å². The van der Waals surface area contributed by atoms with Crippen molar-refractivity contribution in [3.8, 4) is 11.3 Å². The first-order valence-corrected chi connectivity index (χ1v) is 13.4. The van der Waals surface area contributed by atoms with E-state index in [0.717, 1.165) is 36.4 Å². The maximum absolute atomic E-state index is 4.56. The lowest BCUT2D eigenvalue weighted by Gasteiger charge is -2.32. The molecule has 0 spiro atoms. The van der Waals surface area contributed by atoms with E-state index in [0.29, 0.717) is 11.8 Å². The Morgan fingerprint density at radius 2 is 1.94 bits per heavy atom. The van der Waals surface area contributed by atoms with E-state index in [4.69, 9.17) is 0 Å². The van der Waals surface area contributed by atoms with Crippen molar-refractivity contribution >= 4 is 27.9 Å². The molecule has 0 atom stereocenters. The monoisotopic (exact) mass is 484 g/mol. The van der Waals surface area contributed by atoms with E-state index in [1.807, 2.05) is 10.0 Å². The van der Waals surface area contributed by atoms with Crippen LogP contribution in [0.4, 0.5) is 0 Å². The van der Waals surface area contributed by atoms with Gasteiger partial charge in [-0.2, -0.15) is 5.10 Å². The van der Waals surface area contributed by atoms with Crippen LogP contribution < -0.4 is 0 Å². The molecule has 180 valence electrons. The Morgan fingerprint density at radius 3 is 2.69 bits per heavy atom. The molecule has 0 saturated carbocycles. The van der Waals surface area contributed by atoms with Crippen molar-refractivity contribution in [3.05, 3.63) is 69.6 Å². The second-order valence-electron chi connectivity index (χ2n) is 10.2. The highest BCUT2D eigenvalue weighted by Gasteiger charge is 2.24. The summed E-state index contributed by atoms with van der Waals surface area (Å²) < 4.78 is 1.88. The van der Waals surface area contributed by atoms with Gasteiger partial charge in [-0.15, -0.1) is 11.3 Å². The Bertz CT molecular complexity index is 1500. The topological polar surface area (TPSA) is 62.1 Å². The molecule has 1 aliphatic rings. The second kappa shape index (κ2) is 8.88. The number of hydrogen-bond acceptors (Lipinski definition) is 5. The SMILES string of the molecule is Cc1scnc1CN1CCC(c2ccc3[nH]c(-c4cc(C)c5ncnn5c4)c(C(C)C)c3c2)CC1. The van der Waals surface area contributed by atoms with Crippen LogP contribution in [0.1, 0.15) is 65.8 Å². The zero-order valence-electron chi connectivity index (χ0n) is 20.9. The predicted molar refractivity (Wildman–Crippen MR) is 143 cm³/mol. The van der Waals surface area contributed by atoms with Gasteiger partial charge >= 0.3 is 0 Å². The molecule has 1 N–H and O–H groups in total. The third-order valence-corrected chi connectivity index (χ3v) is 8.36. The zero-order valence-corrected chi connectivity index (χ0v) is 21.7. The summed E-state index contributed by atoms with van der Waals surface area (Å²) in [6.07, 6.45) is 6.11. The Labute approximate surface area is 210 Å². The molecule has 0 radical (unpaired) electrons. The molecule has 1 fully saturated rings. The van der Waals surface area contributed by atoms with Crippen LogP contribution in [0.3, 0.4) is 0 Å². The number of nitrogens with zero attached hydrogens (tertiary/aromatic N) is 5. The third-order valence-electron chi connectivity index (χ3n) is 7.56. The summed E-state index contributed by atoms with van der Waals surface area (Å²) in [4.78, 5) is 16.6. The third kappa shape index (κ3) is 4.06. The first-order chi connectivity index (χ1) is 17.0. The molecule has 0 aliphatic carbocycles. The van der Waals surface area contributed by atoms with Crippen molar-refractivity contribution in [2.75, 3.05) is 13.1 Å². The molecule has 1 saturated heterocycles. The van der Waals surface area contributed by atoms with Gasteiger partial charge in [0.05, 0.1) is 16.9 Å². The summed E-state index contributed by atoms with van der Waals surface area (Å²) in [5.41, 5.74) is 11.7. The van der Waals surface area contributed by atoms with Crippen LogP contribution in [-0.2, 0) is 6.54 Å². The van der Waals surface area contributed by atoms with Crippen LogP contribution in [0.15, 0.2) is 42.3 Å². The summed E-state index contributed by atoms with van der Waals surface area (Å²) in [5, 5.41) is 5.74. The fourth-order valence-electron chi connectivity index (χ4n) is 5.66. The van der Waals surface area contributed by atoms with E-state index in [-0.39, 0.29) is 0 Å². The highest BCUT2D eigenvalue weighted by atomic mass is 32.1. The summed E-state index contributed by atoms with van der Waals surface area (Å²) in [5.74, 6) is 1.02. The lowest BCUT2D eigenvalue weighted by molar-refractivity contribution is 0.202. The van der Waals surface area contributed by atoms with Gasteiger partial charge in [0.15, 0.2) is 5.65 Å². The summed E-state index contributed by atoms with van der Waals surface area (Å²) in [6.45, 7) is 12.1. The first-order valence-electron chi connectivity index (χ1n) is 12.5. The number of benzene rings is 1. The molecule has 0 bridgehead atoms. The lowest BCUT2D eigenvalue weighted by Crippen LogP contribution is -2.32. The Kier molecular flexibility index (Phi) is 5.69. The second-order valence-corrected chi connectivity index (χ2v) is 11.3. The highest BCUT2D eigenvalue weighted by molar-refractivity contribution is 7.09. The number of hydrogen-bond donors (Lipinski definition) is 1. The fourth-order valence-corrected chi connectivity index (χ4v) is 6.25. The van der Waals surface area contributed by atoms with Crippen LogP contribution in [0.2, 0.25) is 0 Å². The van der Waals surface area contributed by atoms with Gasteiger partial charge in [-0.3, -0.25) is 4.90 Å². The van der Waals surface area contributed by atoms with E-state index in [2.05, 4.69) is 83.1 Å². The smallest absolute Gasteiger partial charge is 0.158 e. The summed E-state index contributed by atoms with van der Waals surface area (Å²) in [7, 11) is 0. The average Bonchev–Trinajstić information content (AvgIpc) is 3.57. The van der Waals surface area contributed by atoms with Gasteiger partial charge in [0.25, 0.3) is 0 Å². The average molecular weight is 485 g/mol. The normalized spacial score (nSPS) is 15.7. The number of aromatic nitrogens is 5. The molecular weight excluding hydrogens is 452 g/mol. The molecule has 6 nitrogen and oxygen atoms in total. The zero-order chi connectivity index (χ0) is 24.1. The van der Waals surface area contributed by atoms with E-state index < -0.39 is 0 Å². The van der Waals surface area contributed by atoms with E-state index in [9.17, 15) is 0 Å². The molecule has 5 aromatic rings. The van der Waals surface area contributed by atoms with Gasteiger partial charge in [-0.1, -0.05) is 19.9 Å². The number of thiazole rings is 1. The van der Waals surface area contributed by atoms with Crippen LogP contribution in [0.25, 0.3) is 27.8 Å². The molecule has 7 heteroatoms. The molecule has 1 aromatic carbocycles. The molecule has 1 aliphatic heterocycles. The summed E-state index contributed by atoms with van der Waals surface area (Å²) in [6, 6.07) is 9.30. The summed E-state index contributed by atoms with van der Waals surface area (Å²) >= 11 is 1.75. The first kappa shape index (κ1) is 22.4. The molecule has 5 heterocycles. The minimum atomic E-state index is 0.406. The number of piperidine rings is 1. The molecule has 4 aromatic heterocycles. The minimum absolute atomic E-state index is 0.406. The maximum atomic E-state index is 4.56. The van der Waals surface area contributed by atoms with Crippen LogP contribution in [0, 0.1) is 13.8 Å². The van der Waals surface area contributed by atoms with Crippen molar-refractivity contribution in [2.45, 2.75) is 58.9 Å². The quantitative estimate of drug-likeness (QED) is 0.311. The number of rotatable bonds is 5. The fraction of sp³-hybridized carbons (Fsp3) is 0.393. The number of nitrogens with one attached hydrogen (secondary N) is 1. The number of pyridine rings is 1. The number of H-pyrrole nitrogens is 1. The number of aromatic amines is 1. The van der Waals surface area contributed by atoms with Crippen molar-refractivity contribution in [1.82, 2.24) is 29.5 Å². The molecule has 35 heavy (non-hydrogen) atoms. The van der Waals surface area contributed by atoms with Crippen molar-refractivity contribution in [1.29, 1.82) is 0 Å². The lowest BCUT2D eigenvalue weighted by atomic mass is 9.87. The minimum Gasteiger partial charge on any atom is -0.354 e. The predicted octanol–water partition coefficient (Wildman–Crippen LogP) is 6.45. The van der Waals surface area contributed by atoms with Crippen molar-refractivity contribution in [2.24, 2.45) is 0 Å². The van der Waals surface area contributed by atoms with Gasteiger partial charge in [-0.05, 0) is 86.5 Å². The molecule has 6 rings (SSSR count). The van der Waals surface area contributed by atoms with Crippen LogP contribution in [-0.4, -0.2) is 42.6 Å². The van der Waals surface area contributed by atoms with E-state index in [1.165, 1.54) is 51.1 Å². The van der Waals surface area contributed by atoms with Crippen LogP contribution >= 0.6 is 11.3 Å². The van der Waals surface area contributed by atoms with Gasteiger partial charge in [0.2, 0.25) is 0 Å². The number of aryl methyl sites for hydroxylation is 2. The highest BCUT2D eigenvalue weighted by Crippen LogP contribution is 2.38. The number of fused-ring (bicyclic) bond motifs is 2. The Balaban J connectivity index is 1.30. The van der Waals surface area contributed by atoms with Gasteiger partial charge in [0, 0.05) is 34.1 Å². The molecule has 0 unspecified atom stereocenters. The van der Waals surface area contributed by atoms with Gasteiger partial charge < -0.3 is 4.98 Å². The standard InChI is InChI=1S/C28H32N6S/c1-17(2)26-23-12-21(20-7-9-33(10-8-20)14-25-19(4)35-16-30-25)5-6-24(23)32-27(26)22-11-18(3)28-29-15-31-34(28)13-22/h5-6,11-13,15-17,20,32H,7-10,14H2,1-4H3. The van der Waals surface area contributed by atoms with Crippen molar-refractivity contribution < 1.29 is 0 Å². The number of likely N-dealkylation sites (tertiary alicyclic amines) is 1. The molecule has 0 amide bonds.